The van der Waals surface area contributed by atoms with Gasteiger partial charge in [-0.3, -0.25) is 9.69 Å². The quantitative estimate of drug-likeness (QED) is 0.478. The van der Waals surface area contributed by atoms with E-state index in [1.54, 1.807) is 41.3 Å². The van der Waals surface area contributed by atoms with Crippen LogP contribution in [-0.2, 0) is 13.2 Å². The van der Waals surface area contributed by atoms with E-state index >= 15 is 0 Å². The van der Waals surface area contributed by atoms with Crippen molar-refractivity contribution in [3.8, 4) is 11.5 Å². The molecule has 0 spiro atoms. The van der Waals surface area contributed by atoms with Crippen LogP contribution >= 0.6 is 0 Å². The number of alkyl halides is 3. The summed E-state index contributed by atoms with van der Waals surface area (Å²) in [6.45, 7) is 7.00. The second-order valence-electron chi connectivity index (χ2n) is 8.38. The average molecular weight is 489 g/mol. The minimum absolute atomic E-state index is 0.0684. The summed E-state index contributed by atoms with van der Waals surface area (Å²) >= 11 is 0. The summed E-state index contributed by atoms with van der Waals surface area (Å²) < 4.78 is 51.9. The van der Waals surface area contributed by atoms with E-state index in [4.69, 9.17) is 9.26 Å². The summed E-state index contributed by atoms with van der Waals surface area (Å²) in [7, 11) is 0. The zero-order chi connectivity index (χ0) is 25.0. The molecule has 2 heterocycles. The number of carbonyl (C=O) groups is 1. The fourth-order valence-corrected chi connectivity index (χ4v) is 3.93. The highest BCUT2D eigenvalue weighted by Crippen LogP contribution is 2.24. The highest BCUT2D eigenvalue weighted by atomic mass is 19.4. The lowest BCUT2D eigenvalue weighted by Crippen LogP contribution is -2.48. The van der Waals surface area contributed by atoms with E-state index in [2.05, 4.69) is 14.8 Å². The number of halogens is 3. The Bertz CT molecular complexity index is 1130. The summed E-state index contributed by atoms with van der Waals surface area (Å²) in [5.74, 6) is 0.987. The van der Waals surface area contributed by atoms with Gasteiger partial charge in [0.25, 0.3) is 5.91 Å². The predicted octanol–water partition coefficient (Wildman–Crippen LogP) is 4.73. The molecule has 0 radical (unpaired) electrons. The fourth-order valence-electron chi connectivity index (χ4n) is 3.93. The van der Waals surface area contributed by atoms with Gasteiger partial charge in [0.1, 0.15) is 23.9 Å². The molecule has 0 saturated carbocycles. The molecular weight excluding hydrogens is 463 g/mol. The maximum Gasteiger partial charge on any atom is 0.573 e. The van der Waals surface area contributed by atoms with Crippen molar-refractivity contribution in [2.75, 3.05) is 26.2 Å². The van der Waals surface area contributed by atoms with Crippen molar-refractivity contribution in [2.24, 2.45) is 0 Å². The monoisotopic (exact) mass is 489 g/mol. The zero-order valence-corrected chi connectivity index (χ0v) is 19.5. The molecule has 1 saturated heterocycles. The van der Waals surface area contributed by atoms with Gasteiger partial charge in [-0.2, -0.15) is 0 Å². The number of hydrogen-bond donors (Lipinski definition) is 0. The summed E-state index contributed by atoms with van der Waals surface area (Å²) in [6.07, 6.45) is -4.70. The minimum atomic E-state index is -4.70. The Morgan fingerprint density at radius 3 is 2.37 bits per heavy atom. The third kappa shape index (κ3) is 6.54. The van der Waals surface area contributed by atoms with Crippen LogP contribution in [0.4, 0.5) is 13.2 Å². The molecule has 4 rings (SSSR count). The van der Waals surface area contributed by atoms with Crippen molar-refractivity contribution in [1.29, 1.82) is 0 Å². The van der Waals surface area contributed by atoms with Crippen LogP contribution < -0.4 is 9.47 Å². The van der Waals surface area contributed by atoms with E-state index < -0.39 is 6.36 Å². The first kappa shape index (κ1) is 24.6. The van der Waals surface area contributed by atoms with Crippen molar-refractivity contribution in [2.45, 2.75) is 33.4 Å². The average Bonchev–Trinajstić information content (AvgIpc) is 3.15. The molecule has 1 aliphatic heterocycles. The van der Waals surface area contributed by atoms with E-state index in [0.29, 0.717) is 56.4 Å². The minimum Gasteiger partial charge on any atom is -0.489 e. The lowest BCUT2D eigenvalue weighted by atomic mass is 10.1. The van der Waals surface area contributed by atoms with Crippen LogP contribution in [0.25, 0.3) is 0 Å². The Balaban J connectivity index is 1.28. The molecule has 10 heteroatoms. The second kappa shape index (κ2) is 10.4. The molecule has 35 heavy (non-hydrogen) atoms. The van der Waals surface area contributed by atoms with Gasteiger partial charge < -0.3 is 18.9 Å². The molecule has 186 valence electrons. The number of aryl methyl sites for hydroxylation is 2. The topological polar surface area (TPSA) is 68.0 Å². The standard InChI is InChI=1S/C25H26F3N3O4/c1-17-23(18(2)35-29-17)16-33-22-5-3-4-20(14-22)24(32)31-12-10-30(11-13-31)15-19-6-8-21(9-7-19)34-25(26,27)28/h3-9,14H,10-13,15-16H2,1-2H3. The predicted molar refractivity (Wildman–Crippen MR) is 121 cm³/mol. The van der Waals surface area contributed by atoms with Crippen LogP contribution in [0.5, 0.6) is 11.5 Å². The number of amides is 1. The Kier molecular flexibility index (Phi) is 7.30. The molecule has 1 amide bonds. The van der Waals surface area contributed by atoms with Gasteiger partial charge in [0.2, 0.25) is 0 Å². The van der Waals surface area contributed by atoms with Crippen LogP contribution in [-0.4, -0.2) is 53.4 Å². The van der Waals surface area contributed by atoms with Gasteiger partial charge in [-0.15, -0.1) is 13.2 Å². The van der Waals surface area contributed by atoms with Crippen molar-refractivity contribution in [3.63, 3.8) is 0 Å². The summed E-state index contributed by atoms with van der Waals surface area (Å²) in [5.41, 5.74) is 3.09. The molecular formula is C25H26F3N3O4. The van der Waals surface area contributed by atoms with Crippen molar-refractivity contribution in [3.05, 3.63) is 76.7 Å². The first-order valence-electron chi connectivity index (χ1n) is 11.2. The molecule has 7 nitrogen and oxygen atoms in total. The number of rotatable bonds is 7. The molecule has 1 aromatic heterocycles. The van der Waals surface area contributed by atoms with Crippen LogP contribution in [0, 0.1) is 13.8 Å². The molecule has 0 atom stereocenters. The van der Waals surface area contributed by atoms with Crippen molar-refractivity contribution < 1.29 is 32.0 Å². The number of carbonyl (C=O) groups excluding carboxylic acids is 1. The van der Waals surface area contributed by atoms with Crippen molar-refractivity contribution >= 4 is 5.91 Å². The molecule has 0 N–H and O–H groups in total. The number of hydrogen-bond acceptors (Lipinski definition) is 6. The maximum absolute atomic E-state index is 13.0. The largest absolute Gasteiger partial charge is 0.573 e. The molecule has 0 aliphatic carbocycles. The zero-order valence-electron chi connectivity index (χ0n) is 19.5. The highest BCUT2D eigenvalue weighted by molar-refractivity contribution is 5.94. The van der Waals surface area contributed by atoms with Gasteiger partial charge in [0.05, 0.1) is 11.3 Å². The van der Waals surface area contributed by atoms with Gasteiger partial charge in [-0.1, -0.05) is 23.4 Å². The number of aromatic nitrogens is 1. The number of benzene rings is 2. The molecule has 0 unspecified atom stereocenters. The van der Waals surface area contributed by atoms with E-state index in [1.807, 2.05) is 13.8 Å². The van der Waals surface area contributed by atoms with Gasteiger partial charge >= 0.3 is 6.36 Å². The first-order chi connectivity index (χ1) is 16.7. The van der Waals surface area contributed by atoms with Gasteiger partial charge in [-0.25, -0.2) is 0 Å². The van der Waals surface area contributed by atoms with Gasteiger partial charge in [-0.05, 0) is 49.7 Å². The van der Waals surface area contributed by atoms with E-state index in [1.165, 1.54) is 12.1 Å². The Labute approximate surface area is 201 Å². The second-order valence-corrected chi connectivity index (χ2v) is 8.38. The SMILES string of the molecule is Cc1noc(C)c1COc1cccc(C(=O)N2CCN(Cc3ccc(OC(F)(F)F)cc3)CC2)c1. The summed E-state index contributed by atoms with van der Waals surface area (Å²) in [6, 6.07) is 12.9. The summed E-state index contributed by atoms with van der Waals surface area (Å²) in [5, 5.41) is 3.92. The summed E-state index contributed by atoms with van der Waals surface area (Å²) in [4.78, 5) is 17.0. The molecule has 2 aromatic carbocycles. The van der Waals surface area contributed by atoms with Crippen LogP contribution in [0.1, 0.15) is 32.9 Å². The smallest absolute Gasteiger partial charge is 0.489 e. The fraction of sp³-hybridized carbons (Fsp3) is 0.360. The van der Waals surface area contributed by atoms with Crippen LogP contribution in [0.2, 0.25) is 0 Å². The van der Waals surface area contributed by atoms with Crippen LogP contribution in [0.3, 0.4) is 0 Å². The molecule has 1 fully saturated rings. The maximum atomic E-state index is 13.0. The first-order valence-corrected chi connectivity index (χ1v) is 11.2. The Morgan fingerprint density at radius 2 is 1.74 bits per heavy atom. The Morgan fingerprint density at radius 1 is 1.03 bits per heavy atom. The van der Waals surface area contributed by atoms with Gasteiger partial charge in [0, 0.05) is 38.3 Å². The van der Waals surface area contributed by atoms with E-state index in [0.717, 1.165) is 16.8 Å². The lowest BCUT2D eigenvalue weighted by Gasteiger charge is -2.34. The van der Waals surface area contributed by atoms with Crippen molar-refractivity contribution in [1.82, 2.24) is 15.0 Å². The van der Waals surface area contributed by atoms with E-state index in [-0.39, 0.29) is 11.7 Å². The van der Waals surface area contributed by atoms with E-state index in [9.17, 15) is 18.0 Å². The third-order valence-electron chi connectivity index (χ3n) is 5.87. The normalized spacial score (nSPS) is 14.7. The highest BCUT2D eigenvalue weighted by Gasteiger charge is 2.31. The number of nitrogens with zero attached hydrogens (tertiary/aromatic N) is 3. The molecule has 0 bridgehead atoms. The Hall–Kier alpha value is -3.53. The molecule has 1 aliphatic rings. The third-order valence-corrected chi connectivity index (χ3v) is 5.87. The molecule has 3 aromatic rings. The van der Waals surface area contributed by atoms with Gasteiger partial charge in [0.15, 0.2) is 0 Å². The number of ether oxygens (including phenoxy) is 2. The lowest BCUT2D eigenvalue weighted by molar-refractivity contribution is -0.274. The number of piperazine rings is 1. The van der Waals surface area contributed by atoms with Crippen LogP contribution in [0.15, 0.2) is 53.1 Å².